The summed E-state index contributed by atoms with van der Waals surface area (Å²) in [7, 11) is 0. The van der Waals surface area contributed by atoms with E-state index >= 15 is 0 Å². The van der Waals surface area contributed by atoms with Crippen LogP contribution in [0.2, 0.25) is 10.0 Å². The highest BCUT2D eigenvalue weighted by atomic mass is 35.5. The van der Waals surface area contributed by atoms with E-state index in [0.717, 1.165) is 47.4 Å². The third-order valence-corrected chi connectivity index (χ3v) is 9.58. The van der Waals surface area contributed by atoms with Gasteiger partial charge in [-0.1, -0.05) is 35.3 Å². The van der Waals surface area contributed by atoms with Crippen LogP contribution >= 0.6 is 23.2 Å². The van der Waals surface area contributed by atoms with Crippen LogP contribution in [0.5, 0.6) is 0 Å². The number of imidazole rings is 1. The number of rotatable bonds is 4. The molecule has 4 atom stereocenters. The van der Waals surface area contributed by atoms with Gasteiger partial charge in [0.25, 0.3) is 0 Å². The van der Waals surface area contributed by atoms with Crippen molar-refractivity contribution in [2.45, 2.75) is 57.4 Å². The number of aromatic amines is 1. The third-order valence-electron chi connectivity index (χ3n) is 7.15. The van der Waals surface area contributed by atoms with E-state index in [1.165, 1.54) is 0 Å². The van der Waals surface area contributed by atoms with E-state index in [9.17, 15) is 4.55 Å². The standard InChI is InChI=1S/C25H31Cl2N5O2S/c1-15-10-25(13-34-15)8-9-32(12-19(25)31-35(33)24(2,3)4)23-22-21(29-14-30-22)17(11-28-23)16-6-5-7-18(26)20(16)27/h5-7,11,14-15,19,31H,8-10,12-13H2,1-4H3,(H,29,30)/t15-,19?,25?,35?/m0/s1. The molecule has 10 heteroatoms. The summed E-state index contributed by atoms with van der Waals surface area (Å²) in [6.45, 7) is 10.3. The molecule has 35 heavy (non-hydrogen) atoms. The Morgan fingerprint density at radius 2 is 2.06 bits per heavy atom. The second-order valence-corrected chi connectivity index (χ2v) is 13.4. The molecule has 0 aliphatic carbocycles. The number of hydrogen-bond donors (Lipinski definition) is 2. The van der Waals surface area contributed by atoms with Crippen molar-refractivity contribution < 1.29 is 9.29 Å². The topological polar surface area (TPSA) is 89.1 Å². The van der Waals surface area contributed by atoms with Crippen LogP contribution in [0, 0.1) is 5.41 Å². The number of ether oxygens (including phenoxy) is 1. The zero-order chi connectivity index (χ0) is 25.0. The van der Waals surface area contributed by atoms with Crippen molar-refractivity contribution >= 4 is 51.4 Å². The fraction of sp³-hybridized carbons (Fsp3) is 0.520. The molecule has 188 valence electrons. The largest absolute Gasteiger partial charge is 0.598 e. The van der Waals surface area contributed by atoms with Crippen LogP contribution in [0.25, 0.3) is 22.2 Å². The Labute approximate surface area is 219 Å². The van der Waals surface area contributed by atoms with Crippen molar-refractivity contribution in [3.63, 3.8) is 0 Å². The zero-order valence-corrected chi connectivity index (χ0v) is 22.7. The molecular weight excluding hydrogens is 505 g/mol. The van der Waals surface area contributed by atoms with Crippen LogP contribution in [0.4, 0.5) is 5.82 Å². The number of pyridine rings is 1. The average molecular weight is 537 g/mol. The van der Waals surface area contributed by atoms with Gasteiger partial charge >= 0.3 is 0 Å². The van der Waals surface area contributed by atoms with Gasteiger partial charge in [-0.3, -0.25) is 0 Å². The highest BCUT2D eigenvalue weighted by Crippen LogP contribution is 2.44. The van der Waals surface area contributed by atoms with Crippen molar-refractivity contribution in [1.29, 1.82) is 0 Å². The molecule has 0 amide bonds. The molecule has 2 aliphatic heterocycles. The van der Waals surface area contributed by atoms with Crippen molar-refractivity contribution in [2.24, 2.45) is 5.41 Å². The molecule has 3 unspecified atom stereocenters. The van der Waals surface area contributed by atoms with Gasteiger partial charge in [-0.2, -0.15) is 0 Å². The lowest BCUT2D eigenvalue weighted by molar-refractivity contribution is 0.0873. The van der Waals surface area contributed by atoms with E-state index < -0.39 is 11.4 Å². The molecule has 0 bridgehead atoms. The molecule has 4 heterocycles. The predicted molar refractivity (Wildman–Crippen MR) is 143 cm³/mol. The monoisotopic (exact) mass is 535 g/mol. The van der Waals surface area contributed by atoms with Crippen molar-refractivity contribution in [3.8, 4) is 11.1 Å². The van der Waals surface area contributed by atoms with E-state index in [1.807, 2.05) is 39.1 Å². The lowest BCUT2D eigenvalue weighted by Crippen LogP contribution is -2.61. The summed E-state index contributed by atoms with van der Waals surface area (Å²) < 4.78 is 22.2. The number of nitrogens with zero attached hydrogens (tertiary/aromatic N) is 3. The normalized spacial score (nSPS) is 26.1. The Morgan fingerprint density at radius 1 is 1.26 bits per heavy atom. The van der Waals surface area contributed by atoms with Gasteiger partial charge in [0.15, 0.2) is 5.82 Å². The Bertz CT molecular complexity index is 1230. The van der Waals surface area contributed by atoms with E-state index in [-0.39, 0.29) is 22.3 Å². The number of piperidine rings is 1. The van der Waals surface area contributed by atoms with Crippen LogP contribution in [0.15, 0.2) is 30.7 Å². The van der Waals surface area contributed by atoms with Gasteiger partial charge in [0, 0.05) is 47.2 Å². The van der Waals surface area contributed by atoms with Gasteiger partial charge in [-0.05, 0) is 46.6 Å². The Balaban J connectivity index is 1.49. The van der Waals surface area contributed by atoms with E-state index in [4.69, 9.17) is 32.9 Å². The van der Waals surface area contributed by atoms with Gasteiger partial charge in [-0.15, -0.1) is 4.72 Å². The highest BCUT2D eigenvalue weighted by Gasteiger charge is 2.51. The van der Waals surface area contributed by atoms with Gasteiger partial charge in [0.1, 0.15) is 10.3 Å². The first-order valence-electron chi connectivity index (χ1n) is 11.9. The molecule has 2 saturated heterocycles. The molecule has 1 spiro atoms. The maximum atomic E-state index is 13.1. The van der Waals surface area contributed by atoms with Gasteiger partial charge in [0.05, 0.1) is 40.6 Å². The lowest BCUT2D eigenvalue weighted by atomic mass is 9.73. The smallest absolute Gasteiger partial charge is 0.156 e. The zero-order valence-electron chi connectivity index (χ0n) is 20.4. The van der Waals surface area contributed by atoms with Crippen molar-refractivity contribution in [2.75, 3.05) is 24.6 Å². The predicted octanol–water partition coefficient (Wildman–Crippen LogP) is 5.36. The minimum Gasteiger partial charge on any atom is -0.598 e. The van der Waals surface area contributed by atoms with E-state index in [1.54, 1.807) is 12.4 Å². The Morgan fingerprint density at radius 3 is 2.77 bits per heavy atom. The molecule has 5 rings (SSSR count). The van der Waals surface area contributed by atoms with Crippen molar-refractivity contribution in [1.82, 2.24) is 19.7 Å². The van der Waals surface area contributed by atoms with Gasteiger partial charge < -0.3 is 19.2 Å². The molecule has 3 aromatic rings. The maximum Gasteiger partial charge on any atom is 0.156 e. The SMILES string of the molecule is C[C@H]1CC2(CCN(c3ncc(-c4cccc(Cl)c4Cl)c4[nH]cnc34)CC2N[S+]([O-])C(C)(C)C)CO1. The summed E-state index contributed by atoms with van der Waals surface area (Å²) in [6, 6.07) is 5.57. The molecule has 0 saturated carbocycles. The number of aromatic nitrogens is 3. The number of fused-ring (bicyclic) bond motifs is 1. The highest BCUT2D eigenvalue weighted by molar-refractivity contribution is 7.90. The van der Waals surface area contributed by atoms with Crippen LogP contribution in [-0.2, 0) is 16.1 Å². The molecular formula is C25H31Cl2N5O2S. The van der Waals surface area contributed by atoms with E-state index in [2.05, 4.69) is 26.5 Å². The Kier molecular flexibility index (Phi) is 6.74. The second kappa shape index (κ2) is 9.39. The molecule has 2 aliphatic rings. The van der Waals surface area contributed by atoms with Gasteiger partial charge in [-0.25, -0.2) is 9.97 Å². The fourth-order valence-electron chi connectivity index (χ4n) is 5.18. The summed E-state index contributed by atoms with van der Waals surface area (Å²) in [6.07, 6.45) is 5.59. The minimum atomic E-state index is -1.19. The molecule has 1 aromatic carbocycles. The quantitative estimate of drug-likeness (QED) is 0.437. The summed E-state index contributed by atoms with van der Waals surface area (Å²) in [5.74, 6) is 0.804. The van der Waals surface area contributed by atoms with Crippen LogP contribution in [0.3, 0.4) is 0 Å². The number of hydrogen-bond acceptors (Lipinski definition) is 6. The third kappa shape index (κ3) is 4.65. The number of H-pyrrole nitrogens is 1. The van der Waals surface area contributed by atoms with Crippen LogP contribution < -0.4 is 9.62 Å². The summed E-state index contributed by atoms with van der Waals surface area (Å²) in [4.78, 5) is 15.0. The summed E-state index contributed by atoms with van der Waals surface area (Å²) >= 11 is 11.6. The Hall–Kier alpha value is -1.55. The number of halogens is 2. The first-order chi connectivity index (χ1) is 16.6. The maximum absolute atomic E-state index is 13.1. The molecule has 2 N–H and O–H groups in total. The molecule has 2 fully saturated rings. The second-order valence-electron chi connectivity index (χ2n) is 10.7. The molecule has 0 radical (unpaired) electrons. The number of benzene rings is 1. The van der Waals surface area contributed by atoms with Gasteiger partial charge in [0.2, 0.25) is 0 Å². The average Bonchev–Trinajstić information content (AvgIpc) is 3.44. The number of nitrogens with one attached hydrogen (secondary N) is 2. The first-order valence-corrected chi connectivity index (χ1v) is 13.8. The number of anilines is 1. The summed E-state index contributed by atoms with van der Waals surface area (Å²) in [5, 5.41) is 0.986. The fourth-order valence-corrected chi connectivity index (χ4v) is 6.52. The minimum absolute atomic E-state index is 0.000832. The van der Waals surface area contributed by atoms with Crippen LogP contribution in [-0.4, -0.2) is 56.1 Å². The van der Waals surface area contributed by atoms with Crippen LogP contribution in [0.1, 0.15) is 40.5 Å². The summed E-state index contributed by atoms with van der Waals surface area (Å²) in [5.41, 5.74) is 3.25. The molecule has 7 nitrogen and oxygen atoms in total. The first kappa shape index (κ1) is 25.1. The van der Waals surface area contributed by atoms with Crippen molar-refractivity contribution in [3.05, 3.63) is 40.8 Å². The lowest BCUT2D eigenvalue weighted by Gasteiger charge is -2.46. The molecule has 2 aromatic heterocycles. The van der Waals surface area contributed by atoms with E-state index in [0.29, 0.717) is 23.2 Å².